The molecular weight excluding hydrogens is 303 g/mol. The van der Waals surface area contributed by atoms with Gasteiger partial charge in [0.2, 0.25) is 0 Å². The van der Waals surface area contributed by atoms with E-state index in [2.05, 4.69) is 10.1 Å². The van der Waals surface area contributed by atoms with Crippen LogP contribution < -0.4 is 5.32 Å². The van der Waals surface area contributed by atoms with E-state index >= 15 is 0 Å². The van der Waals surface area contributed by atoms with Crippen molar-refractivity contribution in [2.45, 2.75) is 25.8 Å². The number of benzene rings is 1. The van der Waals surface area contributed by atoms with E-state index in [0.29, 0.717) is 12.1 Å². The smallest absolute Gasteiger partial charge is 0.328 e. The van der Waals surface area contributed by atoms with Gasteiger partial charge >= 0.3 is 5.97 Å². The first-order valence-electron chi connectivity index (χ1n) is 6.29. The molecular formula is C14H14F3NO4. The zero-order valence-corrected chi connectivity index (χ0v) is 11.9. The van der Waals surface area contributed by atoms with Crippen LogP contribution in [-0.2, 0) is 14.3 Å². The molecule has 0 unspecified atom stereocenters. The summed E-state index contributed by atoms with van der Waals surface area (Å²) in [7, 11) is 1.06. The van der Waals surface area contributed by atoms with Crippen molar-refractivity contribution in [3.05, 3.63) is 35.1 Å². The lowest BCUT2D eigenvalue weighted by Gasteiger charge is -2.16. The zero-order chi connectivity index (χ0) is 16.9. The van der Waals surface area contributed by atoms with Gasteiger partial charge < -0.3 is 14.8 Å². The highest BCUT2D eigenvalue weighted by Gasteiger charge is 2.26. The zero-order valence-electron chi connectivity index (χ0n) is 11.9. The second-order valence-electron chi connectivity index (χ2n) is 4.53. The van der Waals surface area contributed by atoms with E-state index in [1.54, 1.807) is 0 Å². The number of carbonyl (C=O) groups is 3. The van der Waals surface area contributed by atoms with E-state index in [-0.39, 0.29) is 18.6 Å². The van der Waals surface area contributed by atoms with Gasteiger partial charge in [-0.15, -0.1) is 0 Å². The number of hydrogen-bond acceptors (Lipinski definition) is 4. The molecule has 0 bridgehead atoms. The Hall–Kier alpha value is -2.38. The van der Waals surface area contributed by atoms with Crippen molar-refractivity contribution in [1.29, 1.82) is 0 Å². The molecule has 0 radical (unpaired) electrons. The Bertz CT molecular complexity index is 581. The Balaban J connectivity index is 2.96. The monoisotopic (exact) mass is 317 g/mol. The number of ether oxygens (including phenoxy) is 1. The average molecular weight is 317 g/mol. The first kappa shape index (κ1) is 17.7. The predicted molar refractivity (Wildman–Crippen MR) is 69.5 cm³/mol. The van der Waals surface area contributed by atoms with Crippen LogP contribution in [0.25, 0.3) is 0 Å². The molecule has 0 heterocycles. The number of hydrogen-bond donors (Lipinski definition) is 1. The second kappa shape index (κ2) is 7.58. The standard InChI is InChI=1S/C14H14F3NO4/c1-7(19)3-4-11(14(21)22-2)18-13(20)12-9(16)5-8(15)6-10(12)17/h5-6,11H,3-4H2,1-2H3,(H,18,20)/t11-/m0/s1. The molecule has 8 heteroatoms. The van der Waals surface area contributed by atoms with Crippen LogP contribution in [0.15, 0.2) is 12.1 Å². The van der Waals surface area contributed by atoms with Crippen LogP contribution in [0.1, 0.15) is 30.1 Å². The fourth-order valence-corrected chi connectivity index (χ4v) is 1.73. The summed E-state index contributed by atoms with van der Waals surface area (Å²) in [6.07, 6.45) is -0.118. The Morgan fingerprint density at radius 3 is 2.18 bits per heavy atom. The maximum atomic E-state index is 13.5. The van der Waals surface area contributed by atoms with Crippen LogP contribution in [0.2, 0.25) is 0 Å². The summed E-state index contributed by atoms with van der Waals surface area (Å²) in [5.41, 5.74) is -1.02. The fourth-order valence-electron chi connectivity index (χ4n) is 1.73. The highest BCUT2D eigenvalue weighted by molar-refractivity contribution is 5.97. The van der Waals surface area contributed by atoms with Crippen molar-refractivity contribution < 1.29 is 32.3 Å². The van der Waals surface area contributed by atoms with Crippen LogP contribution in [-0.4, -0.2) is 30.8 Å². The number of halogens is 3. The van der Waals surface area contributed by atoms with Crippen LogP contribution in [0.4, 0.5) is 13.2 Å². The molecule has 0 aliphatic carbocycles. The Morgan fingerprint density at radius 2 is 1.73 bits per heavy atom. The molecule has 1 N–H and O–H groups in total. The molecule has 5 nitrogen and oxygen atoms in total. The predicted octanol–water partition coefficient (Wildman–Crippen LogP) is 1.74. The minimum absolute atomic E-state index is 0.0333. The van der Waals surface area contributed by atoms with Crippen molar-refractivity contribution in [3.8, 4) is 0 Å². The summed E-state index contributed by atoms with van der Waals surface area (Å²) >= 11 is 0. The molecule has 1 atom stereocenters. The molecule has 1 rings (SSSR count). The summed E-state index contributed by atoms with van der Waals surface area (Å²) in [4.78, 5) is 34.3. The minimum atomic E-state index is -1.40. The van der Waals surface area contributed by atoms with Crippen molar-refractivity contribution in [3.63, 3.8) is 0 Å². The Morgan fingerprint density at radius 1 is 1.18 bits per heavy atom. The van der Waals surface area contributed by atoms with Crippen LogP contribution >= 0.6 is 0 Å². The second-order valence-corrected chi connectivity index (χ2v) is 4.53. The van der Waals surface area contributed by atoms with E-state index in [1.807, 2.05) is 0 Å². The van der Waals surface area contributed by atoms with Gasteiger partial charge in [-0.1, -0.05) is 0 Å². The van der Waals surface area contributed by atoms with Crippen LogP contribution in [0.3, 0.4) is 0 Å². The summed E-state index contributed by atoms with van der Waals surface area (Å²) in [5, 5.41) is 2.07. The average Bonchev–Trinajstić information content (AvgIpc) is 2.41. The molecule has 1 aromatic carbocycles. The molecule has 0 spiro atoms. The molecule has 0 aliphatic heterocycles. The highest BCUT2D eigenvalue weighted by Crippen LogP contribution is 2.15. The summed E-state index contributed by atoms with van der Waals surface area (Å²) in [5.74, 6) is -6.31. The molecule has 120 valence electrons. The first-order chi connectivity index (χ1) is 10.3. The number of amides is 1. The minimum Gasteiger partial charge on any atom is -0.467 e. The SMILES string of the molecule is COC(=O)[C@H](CCC(C)=O)NC(=O)c1c(F)cc(F)cc1F. The lowest BCUT2D eigenvalue weighted by Crippen LogP contribution is -2.42. The molecule has 1 aromatic rings. The molecule has 0 fully saturated rings. The van der Waals surface area contributed by atoms with Crippen LogP contribution in [0, 0.1) is 17.5 Å². The van der Waals surface area contributed by atoms with Gasteiger partial charge in [0.25, 0.3) is 5.91 Å². The molecule has 0 aliphatic rings. The lowest BCUT2D eigenvalue weighted by atomic mass is 10.1. The largest absolute Gasteiger partial charge is 0.467 e. The van der Waals surface area contributed by atoms with Crippen LogP contribution in [0.5, 0.6) is 0 Å². The van der Waals surface area contributed by atoms with E-state index < -0.39 is 40.9 Å². The Labute approximate surface area is 124 Å². The first-order valence-corrected chi connectivity index (χ1v) is 6.29. The quantitative estimate of drug-likeness (QED) is 0.811. The number of carbonyl (C=O) groups excluding carboxylic acids is 3. The maximum absolute atomic E-state index is 13.5. The number of methoxy groups -OCH3 is 1. The van der Waals surface area contributed by atoms with Gasteiger partial charge in [-0.25, -0.2) is 18.0 Å². The number of nitrogens with one attached hydrogen (secondary N) is 1. The van der Waals surface area contributed by atoms with Gasteiger partial charge in [0.1, 0.15) is 34.8 Å². The van der Waals surface area contributed by atoms with Gasteiger partial charge in [0, 0.05) is 18.6 Å². The number of ketones is 1. The summed E-state index contributed by atoms with van der Waals surface area (Å²) in [6, 6.07) is -0.549. The van der Waals surface area contributed by atoms with Crippen molar-refractivity contribution >= 4 is 17.7 Å². The third kappa shape index (κ3) is 4.57. The maximum Gasteiger partial charge on any atom is 0.328 e. The summed E-state index contributed by atoms with van der Waals surface area (Å²) < 4.78 is 44.2. The molecule has 0 saturated heterocycles. The van der Waals surface area contributed by atoms with E-state index in [9.17, 15) is 27.6 Å². The van der Waals surface area contributed by atoms with Gasteiger partial charge in [-0.3, -0.25) is 4.79 Å². The molecule has 0 saturated carbocycles. The van der Waals surface area contributed by atoms with Crippen molar-refractivity contribution in [1.82, 2.24) is 5.32 Å². The topological polar surface area (TPSA) is 72.5 Å². The number of rotatable bonds is 6. The number of Topliss-reactive ketones (excluding diaryl/α,β-unsaturated/α-hetero) is 1. The Kier molecular flexibility index (Phi) is 6.09. The van der Waals surface area contributed by atoms with Gasteiger partial charge in [-0.05, 0) is 13.3 Å². The normalized spacial score (nSPS) is 11.7. The summed E-state index contributed by atoms with van der Waals surface area (Å²) in [6.45, 7) is 1.29. The molecule has 0 aromatic heterocycles. The van der Waals surface area contributed by atoms with E-state index in [4.69, 9.17) is 0 Å². The van der Waals surface area contributed by atoms with Crippen molar-refractivity contribution in [2.24, 2.45) is 0 Å². The molecule has 22 heavy (non-hydrogen) atoms. The van der Waals surface area contributed by atoms with E-state index in [0.717, 1.165) is 7.11 Å². The molecule has 1 amide bonds. The third-order valence-electron chi connectivity index (χ3n) is 2.81. The van der Waals surface area contributed by atoms with Gasteiger partial charge in [0.15, 0.2) is 0 Å². The number of esters is 1. The van der Waals surface area contributed by atoms with Crippen molar-refractivity contribution in [2.75, 3.05) is 7.11 Å². The van der Waals surface area contributed by atoms with Gasteiger partial charge in [-0.2, -0.15) is 0 Å². The highest BCUT2D eigenvalue weighted by atomic mass is 19.1. The lowest BCUT2D eigenvalue weighted by molar-refractivity contribution is -0.143. The fraction of sp³-hybridized carbons (Fsp3) is 0.357. The van der Waals surface area contributed by atoms with Gasteiger partial charge in [0.05, 0.1) is 7.11 Å². The third-order valence-corrected chi connectivity index (χ3v) is 2.81. The van der Waals surface area contributed by atoms with E-state index in [1.165, 1.54) is 6.92 Å².